The Balaban J connectivity index is 2.00. The lowest BCUT2D eigenvalue weighted by atomic mass is 10.1. The fourth-order valence-corrected chi connectivity index (χ4v) is 10.4. The van der Waals surface area contributed by atoms with E-state index in [0.717, 1.165) is 6.26 Å². The maximum atomic E-state index is 11.8. The van der Waals surface area contributed by atoms with E-state index in [1.807, 2.05) is 12.1 Å². The Morgan fingerprint density at radius 2 is 1.39 bits per heavy atom. The summed E-state index contributed by atoms with van der Waals surface area (Å²) in [5.74, 6) is 0. The third-order valence-electron chi connectivity index (χ3n) is 6.46. The zero-order valence-electron chi connectivity index (χ0n) is 21.0. The van der Waals surface area contributed by atoms with Gasteiger partial charge in [-0.1, -0.05) is 81.4 Å². The van der Waals surface area contributed by atoms with Crippen molar-refractivity contribution in [1.29, 1.82) is 0 Å². The quantitative estimate of drug-likeness (QED) is 0.438. The highest BCUT2D eigenvalue weighted by atomic mass is 32.2. The molecule has 0 bridgehead atoms. The number of rotatable bonds is 7. The Hall–Kier alpha value is -1.51. The highest BCUT2D eigenvalue weighted by Gasteiger charge is 2.51. The monoisotopic (exact) mass is 489 g/mol. The van der Waals surface area contributed by atoms with Gasteiger partial charge in [0.15, 0.2) is 0 Å². The summed E-state index contributed by atoms with van der Waals surface area (Å²) in [6, 6.07) is 21.3. The predicted octanol–water partition coefficient (Wildman–Crippen LogP) is 3.78. The van der Waals surface area contributed by atoms with Crippen LogP contribution < -0.4 is 10.4 Å². The Morgan fingerprint density at radius 1 is 0.909 bits per heavy atom. The second-order valence-electron chi connectivity index (χ2n) is 11.1. The lowest BCUT2D eigenvalue weighted by Gasteiger charge is -2.45. The highest BCUT2D eigenvalue weighted by molar-refractivity contribution is 7.86. The molecule has 1 heterocycles. The molecule has 0 saturated carbocycles. The molecule has 2 atom stereocenters. The van der Waals surface area contributed by atoms with Gasteiger partial charge in [-0.3, -0.25) is 9.08 Å². The first-order chi connectivity index (χ1) is 15.2. The van der Waals surface area contributed by atoms with Gasteiger partial charge in [0, 0.05) is 18.1 Å². The summed E-state index contributed by atoms with van der Waals surface area (Å²) in [4.78, 5) is 2.33. The molecule has 0 radical (unpaired) electrons. The van der Waals surface area contributed by atoms with Gasteiger partial charge in [-0.2, -0.15) is 8.42 Å². The van der Waals surface area contributed by atoms with Crippen molar-refractivity contribution in [3.63, 3.8) is 0 Å². The molecule has 2 aromatic rings. The normalized spacial score (nSPS) is 20.8. The van der Waals surface area contributed by atoms with Crippen LogP contribution in [0, 0.1) is 0 Å². The Kier molecular flexibility index (Phi) is 7.61. The summed E-state index contributed by atoms with van der Waals surface area (Å²) in [7, 11) is -6.17. The van der Waals surface area contributed by atoms with E-state index in [9.17, 15) is 8.42 Å². The topological polar surface area (TPSA) is 55.8 Å². The van der Waals surface area contributed by atoms with Crippen molar-refractivity contribution >= 4 is 28.8 Å². The molecule has 0 aliphatic carbocycles. The first-order valence-corrected chi connectivity index (χ1v) is 15.4. The molecular weight excluding hydrogens is 450 g/mol. The summed E-state index contributed by atoms with van der Waals surface area (Å²) in [6.07, 6.45) is 1.40. The van der Waals surface area contributed by atoms with Crippen LogP contribution in [0.15, 0.2) is 60.7 Å². The number of hydrogen-bond donors (Lipinski definition) is 0. The molecule has 2 aromatic carbocycles. The Labute approximate surface area is 201 Å². The lowest BCUT2D eigenvalue weighted by molar-refractivity contribution is 0.0806. The first-order valence-electron chi connectivity index (χ1n) is 11.6. The van der Waals surface area contributed by atoms with E-state index < -0.39 is 18.4 Å². The minimum Gasteiger partial charge on any atom is -0.406 e. The fourth-order valence-electron chi connectivity index (χ4n) is 5.15. The van der Waals surface area contributed by atoms with Gasteiger partial charge in [-0.15, -0.1) is 0 Å². The van der Waals surface area contributed by atoms with Gasteiger partial charge in [0.1, 0.15) is 0 Å². The predicted molar refractivity (Wildman–Crippen MR) is 138 cm³/mol. The zero-order chi connectivity index (χ0) is 24.5. The third kappa shape index (κ3) is 5.95. The van der Waals surface area contributed by atoms with E-state index in [1.165, 1.54) is 10.4 Å². The minimum atomic E-state index is -3.51. The van der Waals surface area contributed by atoms with E-state index in [-0.39, 0.29) is 22.7 Å². The lowest BCUT2D eigenvalue weighted by Crippen LogP contribution is -2.67. The van der Waals surface area contributed by atoms with Crippen molar-refractivity contribution in [3.05, 3.63) is 60.7 Å². The van der Waals surface area contributed by atoms with Crippen molar-refractivity contribution < 1.29 is 17.0 Å². The van der Waals surface area contributed by atoms with Crippen LogP contribution in [0.5, 0.6) is 0 Å². The Morgan fingerprint density at radius 3 is 1.79 bits per heavy atom. The Bertz CT molecular complexity index is 974. The highest BCUT2D eigenvalue weighted by Crippen LogP contribution is 2.38. The zero-order valence-corrected chi connectivity index (χ0v) is 22.9. The standard InChI is InChI=1S/C26H39NO4SSi/c1-25(2,3)27-19-22(31-32(7,28)29)18-21(27)20-30-33(26(4,5)6,23-14-10-8-11-15-23)24-16-12-9-13-17-24/h8-17,21-22H,18-20H2,1-7H3/t21-,22-/m0/s1. The second-order valence-corrected chi connectivity index (χ2v) is 17.0. The van der Waals surface area contributed by atoms with Gasteiger partial charge in [0.25, 0.3) is 18.4 Å². The fraction of sp³-hybridized carbons (Fsp3) is 0.538. The van der Waals surface area contributed by atoms with Crippen LogP contribution in [0.1, 0.15) is 48.0 Å². The number of likely N-dealkylation sites (tertiary alicyclic amines) is 1. The van der Waals surface area contributed by atoms with Crippen molar-refractivity contribution in [2.75, 3.05) is 19.4 Å². The molecule has 1 fully saturated rings. The van der Waals surface area contributed by atoms with E-state index in [1.54, 1.807) is 0 Å². The molecule has 0 amide bonds. The molecule has 0 aromatic heterocycles. The summed E-state index contributed by atoms with van der Waals surface area (Å²) in [6.45, 7) is 14.4. The molecule has 1 aliphatic heterocycles. The number of hydrogen-bond acceptors (Lipinski definition) is 5. The van der Waals surface area contributed by atoms with Crippen molar-refractivity contribution in [1.82, 2.24) is 4.90 Å². The van der Waals surface area contributed by atoms with Crippen LogP contribution in [0.2, 0.25) is 5.04 Å². The molecule has 0 N–H and O–H groups in total. The summed E-state index contributed by atoms with van der Waals surface area (Å²) in [5, 5.41) is 2.38. The maximum Gasteiger partial charge on any atom is 0.264 e. The number of benzene rings is 2. The van der Waals surface area contributed by atoms with Gasteiger partial charge < -0.3 is 4.43 Å². The van der Waals surface area contributed by atoms with Crippen LogP contribution in [0.3, 0.4) is 0 Å². The maximum absolute atomic E-state index is 11.8. The van der Waals surface area contributed by atoms with Crippen molar-refractivity contribution in [2.24, 2.45) is 0 Å². The number of nitrogens with zero attached hydrogens (tertiary/aromatic N) is 1. The van der Waals surface area contributed by atoms with Crippen LogP contribution >= 0.6 is 0 Å². The van der Waals surface area contributed by atoms with Gasteiger partial charge in [0.05, 0.1) is 19.0 Å². The average molecular weight is 490 g/mol. The van der Waals surface area contributed by atoms with Crippen molar-refractivity contribution in [3.8, 4) is 0 Å². The molecule has 33 heavy (non-hydrogen) atoms. The molecule has 182 valence electrons. The SMILES string of the molecule is CC(C)(C)N1C[C@@H](OS(C)(=O)=O)C[C@H]1CO[Si](c1ccccc1)(c1ccccc1)C(C)(C)C. The van der Waals surface area contributed by atoms with E-state index in [2.05, 4.69) is 95.0 Å². The summed E-state index contributed by atoms with van der Waals surface area (Å²) >= 11 is 0. The third-order valence-corrected chi connectivity index (χ3v) is 12.1. The van der Waals surface area contributed by atoms with Crippen LogP contribution in [-0.2, 0) is 18.7 Å². The molecular formula is C26H39NO4SSi. The van der Waals surface area contributed by atoms with Crippen LogP contribution in [0.4, 0.5) is 0 Å². The van der Waals surface area contributed by atoms with Crippen LogP contribution in [-0.4, -0.2) is 58.7 Å². The van der Waals surface area contributed by atoms with Crippen LogP contribution in [0.25, 0.3) is 0 Å². The van der Waals surface area contributed by atoms with E-state index in [4.69, 9.17) is 8.61 Å². The van der Waals surface area contributed by atoms with Crippen molar-refractivity contribution in [2.45, 2.75) is 70.7 Å². The summed E-state index contributed by atoms with van der Waals surface area (Å²) < 4.78 is 36.2. The molecule has 3 rings (SSSR count). The molecule has 0 unspecified atom stereocenters. The van der Waals surface area contributed by atoms with E-state index >= 15 is 0 Å². The van der Waals surface area contributed by atoms with E-state index in [0.29, 0.717) is 19.6 Å². The first kappa shape index (κ1) is 26.1. The minimum absolute atomic E-state index is 0.0680. The molecule has 1 saturated heterocycles. The van der Waals surface area contributed by atoms with Gasteiger partial charge >= 0.3 is 0 Å². The van der Waals surface area contributed by atoms with Gasteiger partial charge in [-0.25, -0.2) is 0 Å². The molecule has 5 nitrogen and oxygen atoms in total. The smallest absolute Gasteiger partial charge is 0.264 e. The summed E-state index contributed by atoms with van der Waals surface area (Å²) in [5.41, 5.74) is -0.130. The average Bonchev–Trinajstić information content (AvgIpc) is 3.10. The largest absolute Gasteiger partial charge is 0.406 e. The van der Waals surface area contributed by atoms with Gasteiger partial charge in [-0.05, 0) is 42.6 Å². The molecule has 0 spiro atoms. The second kappa shape index (κ2) is 9.62. The molecule has 7 heteroatoms. The molecule has 1 aliphatic rings. The van der Waals surface area contributed by atoms with Gasteiger partial charge in [0.2, 0.25) is 0 Å².